The van der Waals surface area contributed by atoms with Gasteiger partial charge in [0, 0.05) is 0 Å². The first-order valence-corrected chi connectivity index (χ1v) is 16.0. The van der Waals surface area contributed by atoms with Gasteiger partial charge in [-0.3, -0.25) is 0 Å². The third kappa shape index (κ3) is 5.76. The molecule has 0 bridgehead atoms. The summed E-state index contributed by atoms with van der Waals surface area (Å²) < 4.78 is 0. The van der Waals surface area contributed by atoms with Crippen molar-refractivity contribution >= 4 is 47.3 Å². The van der Waals surface area contributed by atoms with Crippen LogP contribution in [0.2, 0.25) is 12.1 Å². The van der Waals surface area contributed by atoms with E-state index < -0.39 is 14.8 Å². The quantitative estimate of drug-likeness (QED) is 0.286. The lowest BCUT2D eigenvalue weighted by molar-refractivity contribution is 0.876. The van der Waals surface area contributed by atoms with Crippen molar-refractivity contribution in [2.75, 3.05) is 0 Å². The number of rotatable bonds is 8. The second-order valence-corrected chi connectivity index (χ2v) is 16.5. The average Bonchev–Trinajstić information content (AvgIpc) is 2.70. The molecule has 4 heteroatoms. The first-order chi connectivity index (χ1) is 12.5. The molecule has 0 fully saturated rings. The maximum atomic E-state index is 7.20. The Balaban J connectivity index is 2.42. The predicted molar refractivity (Wildman–Crippen MR) is 123 cm³/mol. The van der Waals surface area contributed by atoms with E-state index in [2.05, 4.69) is 73.5 Å². The first kappa shape index (κ1) is 21.3. The minimum absolute atomic E-state index is 0.978. The fourth-order valence-electron chi connectivity index (χ4n) is 3.00. The fraction of sp³-hybridized carbons (Fsp3) is 0.364. The van der Waals surface area contributed by atoms with Crippen molar-refractivity contribution in [3.8, 4) is 11.1 Å². The smallest absolute Gasteiger partial charge is 0.144 e. The molecule has 0 amide bonds. The highest BCUT2D eigenvalue weighted by atomic mass is 35.6. The van der Waals surface area contributed by atoms with Gasteiger partial charge in [0.1, 0.15) is 0 Å². The van der Waals surface area contributed by atoms with Crippen LogP contribution in [0.3, 0.4) is 0 Å². The lowest BCUT2D eigenvalue weighted by atomic mass is 10.4. The molecular formula is C22H28Cl2Si2. The summed E-state index contributed by atoms with van der Waals surface area (Å²) in [6.45, 7) is 4.41. The van der Waals surface area contributed by atoms with Crippen LogP contribution < -0.4 is 10.4 Å². The molecule has 0 nitrogen and oxygen atoms in total. The predicted octanol–water partition coefficient (Wildman–Crippen LogP) is 5.85. The van der Waals surface area contributed by atoms with Gasteiger partial charge < -0.3 is 0 Å². The molecule has 26 heavy (non-hydrogen) atoms. The average molecular weight is 420 g/mol. The Morgan fingerprint density at radius 3 is 1.31 bits per heavy atom. The van der Waals surface area contributed by atoms with Crippen LogP contribution in [-0.2, 0) is 0 Å². The number of hydrogen-bond donors (Lipinski definition) is 0. The summed E-state index contributed by atoms with van der Waals surface area (Å²) in [6, 6.07) is 22.8. The molecule has 0 N–H and O–H groups in total. The molecule has 0 saturated carbocycles. The molecule has 2 aromatic carbocycles. The Hall–Kier alpha value is -0.986. The van der Waals surface area contributed by atoms with Crippen molar-refractivity contribution in [2.24, 2.45) is 0 Å². The Kier molecular flexibility index (Phi) is 8.51. The van der Waals surface area contributed by atoms with E-state index in [1.807, 2.05) is 12.1 Å². The summed E-state index contributed by atoms with van der Waals surface area (Å²) in [4.78, 5) is 0. The van der Waals surface area contributed by atoms with Crippen LogP contribution in [0.15, 0.2) is 60.7 Å². The molecular weight excluding hydrogens is 391 g/mol. The third-order valence-electron chi connectivity index (χ3n) is 4.67. The molecule has 0 radical (unpaired) electrons. The van der Waals surface area contributed by atoms with Crippen LogP contribution in [0.25, 0.3) is 0 Å². The SMILES string of the molecule is CCCC[Si](Cl)(C#C[Si](Cl)(CCCC)c1ccccc1)c1ccccc1. The number of halogens is 2. The Labute approximate surface area is 170 Å². The zero-order valence-electron chi connectivity index (χ0n) is 15.8. The van der Waals surface area contributed by atoms with Gasteiger partial charge >= 0.3 is 0 Å². The summed E-state index contributed by atoms with van der Waals surface area (Å²) in [6.07, 6.45) is 4.48. The molecule has 0 aliphatic rings. The molecule has 2 atom stereocenters. The Morgan fingerprint density at radius 2 is 1.00 bits per heavy atom. The summed E-state index contributed by atoms with van der Waals surface area (Å²) in [5, 5.41) is 2.42. The van der Waals surface area contributed by atoms with Gasteiger partial charge in [0.2, 0.25) is 0 Å². The summed E-state index contributed by atoms with van der Waals surface area (Å²) in [7, 11) is -4.73. The van der Waals surface area contributed by atoms with Gasteiger partial charge in [0.25, 0.3) is 14.8 Å². The van der Waals surface area contributed by atoms with Gasteiger partial charge in [-0.2, -0.15) is 0 Å². The highest BCUT2D eigenvalue weighted by Crippen LogP contribution is 2.22. The zero-order chi connectivity index (χ0) is 18.9. The highest BCUT2D eigenvalue weighted by Gasteiger charge is 2.35. The normalized spacial score (nSPS) is 15.4. The van der Waals surface area contributed by atoms with Gasteiger partial charge in [0.15, 0.2) is 0 Å². The van der Waals surface area contributed by atoms with Crippen LogP contribution in [0, 0.1) is 11.1 Å². The van der Waals surface area contributed by atoms with Gasteiger partial charge in [0.05, 0.1) is 0 Å². The van der Waals surface area contributed by atoms with E-state index >= 15 is 0 Å². The van der Waals surface area contributed by atoms with Crippen LogP contribution >= 0.6 is 22.2 Å². The van der Waals surface area contributed by atoms with Gasteiger partial charge in [-0.15, -0.1) is 33.2 Å². The van der Waals surface area contributed by atoms with E-state index in [9.17, 15) is 0 Å². The van der Waals surface area contributed by atoms with Gasteiger partial charge in [-0.1, -0.05) is 100 Å². The Morgan fingerprint density at radius 1 is 0.654 bits per heavy atom. The molecule has 0 heterocycles. The van der Waals surface area contributed by atoms with Gasteiger partial charge in [-0.05, 0) is 22.5 Å². The maximum absolute atomic E-state index is 7.20. The van der Waals surface area contributed by atoms with Crippen LogP contribution in [0.5, 0.6) is 0 Å². The molecule has 0 aliphatic heterocycles. The van der Waals surface area contributed by atoms with E-state index in [-0.39, 0.29) is 0 Å². The molecule has 2 aromatic rings. The second kappa shape index (κ2) is 10.4. The number of benzene rings is 2. The molecule has 0 aliphatic carbocycles. The van der Waals surface area contributed by atoms with E-state index in [1.54, 1.807) is 0 Å². The van der Waals surface area contributed by atoms with E-state index in [0.29, 0.717) is 0 Å². The van der Waals surface area contributed by atoms with E-state index in [0.717, 1.165) is 37.8 Å². The van der Waals surface area contributed by atoms with Crippen molar-refractivity contribution < 1.29 is 0 Å². The monoisotopic (exact) mass is 418 g/mol. The largest absolute Gasteiger partial charge is 0.262 e. The molecule has 138 valence electrons. The van der Waals surface area contributed by atoms with Crippen molar-refractivity contribution in [3.05, 3.63) is 60.7 Å². The first-order valence-electron chi connectivity index (χ1n) is 9.57. The lowest BCUT2D eigenvalue weighted by Crippen LogP contribution is -2.45. The van der Waals surface area contributed by atoms with Crippen LogP contribution in [0.1, 0.15) is 39.5 Å². The van der Waals surface area contributed by atoms with Crippen LogP contribution in [-0.4, -0.2) is 14.8 Å². The zero-order valence-corrected chi connectivity index (χ0v) is 19.3. The van der Waals surface area contributed by atoms with E-state index in [4.69, 9.17) is 22.2 Å². The summed E-state index contributed by atoms with van der Waals surface area (Å²) in [5.74, 6) is 0. The minimum atomic E-state index is -2.37. The molecule has 0 aromatic heterocycles. The van der Waals surface area contributed by atoms with Crippen molar-refractivity contribution in [3.63, 3.8) is 0 Å². The number of hydrogen-bond acceptors (Lipinski definition) is 0. The van der Waals surface area contributed by atoms with E-state index in [1.165, 1.54) is 10.4 Å². The molecule has 0 spiro atoms. The molecule has 0 saturated heterocycles. The Bertz CT molecular complexity index is 663. The minimum Gasteiger partial charge on any atom is -0.144 e. The standard InChI is InChI=1S/C22H28Cl2Si2/c1-3-5-17-25(23,21-13-9-7-10-14-21)19-20-26(24,18-6-4-2)22-15-11-8-12-16-22/h7-16H,3-6,17-18H2,1-2H3. The van der Waals surface area contributed by atoms with Crippen molar-refractivity contribution in [2.45, 2.75) is 51.6 Å². The molecule has 2 rings (SSSR count). The van der Waals surface area contributed by atoms with Crippen LogP contribution in [0.4, 0.5) is 0 Å². The van der Waals surface area contributed by atoms with Crippen molar-refractivity contribution in [1.82, 2.24) is 0 Å². The van der Waals surface area contributed by atoms with Gasteiger partial charge in [-0.25, -0.2) is 0 Å². The second-order valence-electron chi connectivity index (χ2n) is 6.79. The van der Waals surface area contributed by atoms with Crippen molar-refractivity contribution in [1.29, 1.82) is 0 Å². The maximum Gasteiger partial charge on any atom is 0.262 e. The lowest BCUT2D eigenvalue weighted by Gasteiger charge is -2.22. The highest BCUT2D eigenvalue weighted by molar-refractivity contribution is 7.35. The summed E-state index contributed by atoms with van der Waals surface area (Å²) >= 11 is 14.4. The topological polar surface area (TPSA) is 0 Å². The summed E-state index contributed by atoms with van der Waals surface area (Å²) in [5.41, 5.74) is 7.16. The third-order valence-corrected chi connectivity index (χ3v) is 13.6. The molecule has 2 unspecified atom stereocenters. The number of unbranched alkanes of at least 4 members (excludes halogenated alkanes) is 2. The fourth-order valence-corrected chi connectivity index (χ4v) is 11.2.